The number of benzene rings is 2. The number of hydrogen-bond acceptors (Lipinski definition) is 3. The number of carbonyl (C=O) groups excluding carboxylic acids is 2. The lowest BCUT2D eigenvalue weighted by molar-refractivity contribution is 0.0672. The molecule has 0 N–H and O–H groups in total. The van der Waals surface area contributed by atoms with Crippen LogP contribution in [0.3, 0.4) is 0 Å². The fourth-order valence-corrected chi connectivity index (χ4v) is 2.49. The number of para-hydroxylation sites is 1. The minimum Gasteiger partial charge on any atom is -0.496 e. The maximum Gasteiger partial charge on any atom is 0.261 e. The summed E-state index contributed by atoms with van der Waals surface area (Å²) in [5.41, 5.74) is 1.85. The predicted molar refractivity (Wildman–Crippen MR) is 83.8 cm³/mol. The van der Waals surface area contributed by atoms with E-state index in [1.807, 2.05) is 30.3 Å². The normalized spacial score (nSPS) is 13.8. The van der Waals surface area contributed by atoms with E-state index in [1.165, 1.54) is 4.90 Å². The van der Waals surface area contributed by atoms with Gasteiger partial charge in [-0.05, 0) is 18.2 Å². The number of carbonyl (C=O) groups is 2. The Morgan fingerprint density at radius 1 is 0.955 bits per heavy atom. The molecule has 0 saturated heterocycles. The van der Waals surface area contributed by atoms with Crippen molar-refractivity contribution >= 4 is 17.9 Å². The molecule has 0 radical (unpaired) electrons. The van der Waals surface area contributed by atoms with Crippen LogP contribution in [0.2, 0.25) is 0 Å². The van der Waals surface area contributed by atoms with Gasteiger partial charge in [-0.1, -0.05) is 42.5 Å². The number of methoxy groups -OCH3 is 1. The van der Waals surface area contributed by atoms with E-state index >= 15 is 0 Å². The van der Waals surface area contributed by atoms with Crippen LogP contribution in [0.4, 0.5) is 0 Å². The third kappa shape index (κ3) is 2.39. The number of fused-ring (bicyclic) bond motifs is 1. The lowest BCUT2D eigenvalue weighted by atomic mass is 10.1. The number of hydrogen-bond donors (Lipinski definition) is 0. The number of nitrogens with zero attached hydrogens (tertiary/aromatic N) is 1. The van der Waals surface area contributed by atoms with E-state index in [4.69, 9.17) is 4.74 Å². The second-order valence-corrected chi connectivity index (χ2v) is 4.91. The molecule has 0 unspecified atom stereocenters. The highest BCUT2D eigenvalue weighted by atomic mass is 16.5. The van der Waals surface area contributed by atoms with Gasteiger partial charge >= 0.3 is 0 Å². The van der Waals surface area contributed by atoms with Crippen LogP contribution in [0, 0.1) is 0 Å². The Balaban J connectivity index is 1.77. The van der Waals surface area contributed by atoms with Gasteiger partial charge in [0, 0.05) is 12.1 Å². The zero-order chi connectivity index (χ0) is 15.5. The Bertz CT molecular complexity index is 729. The van der Waals surface area contributed by atoms with Crippen LogP contribution in [0.15, 0.2) is 54.6 Å². The average molecular weight is 293 g/mol. The molecule has 110 valence electrons. The first-order valence-electron chi connectivity index (χ1n) is 6.97. The fourth-order valence-electron chi connectivity index (χ4n) is 2.49. The summed E-state index contributed by atoms with van der Waals surface area (Å²) < 4.78 is 5.26. The van der Waals surface area contributed by atoms with Gasteiger partial charge in [-0.25, -0.2) is 0 Å². The molecule has 2 aromatic rings. The molecule has 1 aliphatic rings. The van der Waals surface area contributed by atoms with Crippen molar-refractivity contribution in [3.8, 4) is 5.75 Å². The summed E-state index contributed by atoms with van der Waals surface area (Å²) in [6.07, 6.45) is 3.64. The minimum atomic E-state index is -0.245. The highest BCUT2D eigenvalue weighted by molar-refractivity contribution is 6.21. The first kappa shape index (κ1) is 14.1. The lowest BCUT2D eigenvalue weighted by Crippen LogP contribution is -2.29. The molecule has 0 fully saturated rings. The summed E-state index contributed by atoms with van der Waals surface area (Å²) in [6, 6.07) is 14.5. The van der Waals surface area contributed by atoms with Gasteiger partial charge < -0.3 is 4.74 Å². The molecular weight excluding hydrogens is 278 g/mol. The van der Waals surface area contributed by atoms with Crippen LogP contribution < -0.4 is 4.74 Å². The molecule has 0 bridgehead atoms. The van der Waals surface area contributed by atoms with Crippen molar-refractivity contribution < 1.29 is 14.3 Å². The summed E-state index contributed by atoms with van der Waals surface area (Å²) in [6.45, 7) is 0.240. The Hall–Kier alpha value is -2.88. The minimum absolute atomic E-state index is 0.240. The third-order valence-corrected chi connectivity index (χ3v) is 3.60. The van der Waals surface area contributed by atoms with Gasteiger partial charge in [-0.3, -0.25) is 14.5 Å². The van der Waals surface area contributed by atoms with E-state index in [1.54, 1.807) is 37.5 Å². The topological polar surface area (TPSA) is 46.6 Å². The molecule has 4 nitrogen and oxygen atoms in total. The Kier molecular flexibility index (Phi) is 3.74. The van der Waals surface area contributed by atoms with Crippen LogP contribution >= 0.6 is 0 Å². The quantitative estimate of drug-likeness (QED) is 0.814. The van der Waals surface area contributed by atoms with E-state index in [-0.39, 0.29) is 18.4 Å². The number of imide groups is 1. The van der Waals surface area contributed by atoms with Gasteiger partial charge in [0.1, 0.15) is 5.75 Å². The molecule has 22 heavy (non-hydrogen) atoms. The third-order valence-electron chi connectivity index (χ3n) is 3.60. The molecule has 1 heterocycles. The summed E-state index contributed by atoms with van der Waals surface area (Å²) in [5.74, 6) is 0.261. The van der Waals surface area contributed by atoms with E-state index in [0.29, 0.717) is 11.1 Å². The molecule has 0 spiro atoms. The number of ether oxygens (including phenoxy) is 1. The van der Waals surface area contributed by atoms with Crippen molar-refractivity contribution in [2.24, 2.45) is 0 Å². The summed E-state index contributed by atoms with van der Waals surface area (Å²) >= 11 is 0. The molecule has 0 aromatic heterocycles. The number of amides is 2. The summed E-state index contributed by atoms with van der Waals surface area (Å²) in [4.78, 5) is 25.7. The zero-order valence-electron chi connectivity index (χ0n) is 12.2. The fraction of sp³-hybridized carbons (Fsp3) is 0.111. The molecule has 0 saturated carbocycles. The van der Waals surface area contributed by atoms with Crippen LogP contribution in [0.5, 0.6) is 5.75 Å². The van der Waals surface area contributed by atoms with E-state index in [0.717, 1.165) is 11.3 Å². The maximum absolute atomic E-state index is 12.2. The van der Waals surface area contributed by atoms with Crippen LogP contribution in [0.25, 0.3) is 6.08 Å². The van der Waals surface area contributed by atoms with Gasteiger partial charge in [0.05, 0.1) is 18.2 Å². The first-order valence-corrected chi connectivity index (χ1v) is 6.97. The predicted octanol–water partition coefficient (Wildman–Crippen LogP) is 3.00. The largest absolute Gasteiger partial charge is 0.496 e. The van der Waals surface area contributed by atoms with Crippen molar-refractivity contribution in [1.82, 2.24) is 4.90 Å². The van der Waals surface area contributed by atoms with Crippen molar-refractivity contribution in [3.05, 3.63) is 71.3 Å². The van der Waals surface area contributed by atoms with E-state index in [9.17, 15) is 9.59 Å². The van der Waals surface area contributed by atoms with Gasteiger partial charge in [-0.2, -0.15) is 0 Å². The second kappa shape index (κ2) is 5.85. The van der Waals surface area contributed by atoms with Gasteiger partial charge in [-0.15, -0.1) is 0 Å². The van der Waals surface area contributed by atoms with E-state index < -0.39 is 0 Å². The molecular formula is C18H15NO3. The van der Waals surface area contributed by atoms with Crippen molar-refractivity contribution in [1.29, 1.82) is 0 Å². The zero-order valence-corrected chi connectivity index (χ0v) is 12.2. The second-order valence-electron chi connectivity index (χ2n) is 4.91. The van der Waals surface area contributed by atoms with Crippen molar-refractivity contribution in [2.45, 2.75) is 0 Å². The molecule has 0 atom stereocenters. The first-order chi connectivity index (χ1) is 10.7. The molecule has 3 rings (SSSR count). The Morgan fingerprint density at radius 3 is 2.18 bits per heavy atom. The van der Waals surface area contributed by atoms with Gasteiger partial charge in [0.2, 0.25) is 0 Å². The van der Waals surface area contributed by atoms with Crippen LogP contribution in [-0.4, -0.2) is 30.4 Å². The highest BCUT2D eigenvalue weighted by Crippen LogP contribution is 2.23. The van der Waals surface area contributed by atoms with Gasteiger partial charge in [0.15, 0.2) is 0 Å². The van der Waals surface area contributed by atoms with Crippen molar-refractivity contribution in [2.75, 3.05) is 13.7 Å². The standard InChI is InChI=1S/C18H15NO3/c1-22-16-11-5-2-7-13(16)8-6-12-19-17(20)14-9-3-4-10-15(14)18(19)21/h2-11H,12H2,1H3. The summed E-state index contributed by atoms with van der Waals surface area (Å²) in [5, 5.41) is 0. The molecule has 4 heteroatoms. The van der Waals surface area contributed by atoms with Gasteiger partial charge in [0.25, 0.3) is 11.8 Å². The van der Waals surface area contributed by atoms with Crippen molar-refractivity contribution in [3.63, 3.8) is 0 Å². The molecule has 2 aromatic carbocycles. The SMILES string of the molecule is COc1ccccc1C=CCN1C(=O)c2ccccc2C1=O. The monoisotopic (exact) mass is 293 g/mol. The maximum atomic E-state index is 12.2. The molecule has 1 aliphatic heterocycles. The Morgan fingerprint density at radius 2 is 1.55 bits per heavy atom. The lowest BCUT2D eigenvalue weighted by Gasteiger charge is -2.10. The number of rotatable bonds is 4. The average Bonchev–Trinajstić information content (AvgIpc) is 2.80. The summed E-state index contributed by atoms with van der Waals surface area (Å²) in [7, 11) is 1.61. The molecule has 0 aliphatic carbocycles. The smallest absolute Gasteiger partial charge is 0.261 e. The highest BCUT2D eigenvalue weighted by Gasteiger charge is 2.34. The molecule has 2 amide bonds. The van der Waals surface area contributed by atoms with Crippen LogP contribution in [-0.2, 0) is 0 Å². The Labute approximate surface area is 128 Å². The van der Waals surface area contributed by atoms with E-state index in [2.05, 4.69) is 0 Å². The van der Waals surface area contributed by atoms with Crippen LogP contribution in [0.1, 0.15) is 26.3 Å².